The topological polar surface area (TPSA) is 97.6 Å². The van der Waals surface area contributed by atoms with Gasteiger partial charge >= 0.3 is 0 Å². The number of halogens is 1. The third-order valence-corrected chi connectivity index (χ3v) is 5.51. The lowest BCUT2D eigenvalue weighted by atomic mass is 9.93. The van der Waals surface area contributed by atoms with Crippen molar-refractivity contribution in [1.29, 1.82) is 0 Å². The zero-order valence-corrected chi connectivity index (χ0v) is 16.0. The maximum absolute atomic E-state index is 13.1. The van der Waals surface area contributed by atoms with Crippen LogP contribution in [0.15, 0.2) is 53.0 Å². The van der Waals surface area contributed by atoms with Gasteiger partial charge < -0.3 is 0 Å². The van der Waals surface area contributed by atoms with E-state index in [1.807, 2.05) is 0 Å². The van der Waals surface area contributed by atoms with Gasteiger partial charge in [0, 0.05) is 28.0 Å². The van der Waals surface area contributed by atoms with Gasteiger partial charge in [0.1, 0.15) is 4.47 Å². The van der Waals surface area contributed by atoms with Crippen LogP contribution in [0.2, 0.25) is 0 Å². The van der Waals surface area contributed by atoms with Gasteiger partial charge in [-0.1, -0.05) is 12.1 Å². The number of carbonyl (C=O) groups excluding carboxylic acids is 3. The second-order valence-corrected chi connectivity index (χ2v) is 7.08. The van der Waals surface area contributed by atoms with Crippen LogP contribution < -0.4 is 4.90 Å². The zero-order valence-electron chi connectivity index (χ0n) is 14.4. The van der Waals surface area contributed by atoms with Crippen LogP contribution in [0.25, 0.3) is 10.8 Å². The molecule has 28 heavy (non-hydrogen) atoms. The molecule has 3 aromatic carbocycles. The highest BCUT2D eigenvalue weighted by molar-refractivity contribution is 9.10. The summed E-state index contributed by atoms with van der Waals surface area (Å²) in [5.74, 6) is -1.32. The van der Waals surface area contributed by atoms with Crippen LogP contribution in [0.5, 0.6) is 0 Å². The van der Waals surface area contributed by atoms with Crippen LogP contribution in [0, 0.1) is 10.1 Å². The molecule has 0 aliphatic carbocycles. The highest BCUT2D eigenvalue weighted by Crippen LogP contribution is 2.40. The molecule has 0 saturated carbocycles. The molecule has 0 saturated heterocycles. The number of nitrogens with zero attached hydrogens (tertiary/aromatic N) is 2. The molecule has 3 aromatic rings. The van der Waals surface area contributed by atoms with Crippen LogP contribution >= 0.6 is 15.9 Å². The summed E-state index contributed by atoms with van der Waals surface area (Å²) in [6.45, 7) is 1.42. The monoisotopic (exact) mass is 438 g/mol. The number of ketones is 1. The van der Waals surface area contributed by atoms with Gasteiger partial charge in [-0.15, -0.1) is 0 Å². The molecule has 0 fully saturated rings. The Balaban J connectivity index is 1.96. The van der Waals surface area contributed by atoms with E-state index in [1.54, 1.807) is 18.2 Å². The summed E-state index contributed by atoms with van der Waals surface area (Å²) in [6, 6.07) is 12.1. The molecule has 4 rings (SSSR count). The van der Waals surface area contributed by atoms with Crippen LogP contribution in [-0.4, -0.2) is 22.5 Å². The SMILES string of the molecule is CC(=O)c1ccc(N2C(=O)c3cccc4c(Br)c([N+](=O)[O-])cc(c34)C2=O)cc1. The molecule has 7 nitrogen and oxygen atoms in total. The van der Waals surface area contributed by atoms with Crippen LogP contribution in [0.3, 0.4) is 0 Å². The van der Waals surface area contributed by atoms with E-state index in [2.05, 4.69) is 15.9 Å². The van der Waals surface area contributed by atoms with E-state index >= 15 is 0 Å². The molecule has 1 heterocycles. The Labute approximate surface area is 166 Å². The van der Waals surface area contributed by atoms with Crippen molar-refractivity contribution in [2.75, 3.05) is 4.90 Å². The Morgan fingerprint density at radius 3 is 2.29 bits per heavy atom. The van der Waals surface area contributed by atoms with Crippen molar-refractivity contribution in [3.8, 4) is 0 Å². The van der Waals surface area contributed by atoms with Gasteiger partial charge in [-0.05, 0) is 53.2 Å². The van der Waals surface area contributed by atoms with Crippen molar-refractivity contribution in [2.24, 2.45) is 0 Å². The maximum atomic E-state index is 13.1. The van der Waals surface area contributed by atoms with Crippen LogP contribution in [0.1, 0.15) is 38.0 Å². The van der Waals surface area contributed by atoms with Gasteiger partial charge in [0.2, 0.25) is 0 Å². The van der Waals surface area contributed by atoms with Crippen LogP contribution in [-0.2, 0) is 0 Å². The average Bonchev–Trinajstić information content (AvgIpc) is 2.67. The lowest BCUT2D eigenvalue weighted by Crippen LogP contribution is -2.40. The molecule has 0 N–H and O–H groups in total. The molecule has 0 radical (unpaired) electrons. The number of amides is 2. The lowest BCUT2D eigenvalue weighted by Gasteiger charge is -2.27. The maximum Gasteiger partial charge on any atom is 0.284 e. The van der Waals surface area contributed by atoms with E-state index in [9.17, 15) is 24.5 Å². The van der Waals surface area contributed by atoms with Crippen molar-refractivity contribution in [3.63, 3.8) is 0 Å². The molecule has 8 heteroatoms. The van der Waals surface area contributed by atoms with Crippen molar-refractivity contribution in [1.82, 2.24) is 0 Å². The second-order valence-electron chi connectivity index (χ2n) is 6.29. The van der Waals surface area contributed by atoms with E-state index in [-0.39, 0.29) is 32.8 Å². The molecular weight excluding hydrogens is 428 g/mol. The van der Waals surface area contributed by atoms with Crippen molar-refractivity contribution in [3.05, 3.63) is 79.8 Å². The first kappa shape index (κ1) is 18.0. The second kappa shape index (κ2) is 6.35. The predicted octanol–water partition coefficient (Wildman–Crippen LogP) is 4.51. The van der Waals surface area contributed by atoms with Crippen molar-refractivity contribution < 1.29 is 19.3 Å². The number of nitro benzene ring substituents is 1. The third kappa shape index (κ3) is 2.53. The quantitative estimate of drug-likeness (QED) is 0.259. The number of anilines is 1. The summed E-state index contributed by atoms with van der Waals surface area (Å²) < 4.78 is 0.220. The molecular formula is C20H11BrN2O5. The van der Waals surface area contributed by atoms with Crippen molar-refractivity contribution in [2.45, 2.75) is 6.92 Å². The number of Topliss-reactive ketones (excluding diaryl/α,β-unsaturated/α-hetero) is 1. The zero-order chi connectivity index (χ0) is 20.2. The number of imide groups is 1. The number of hydrogen-bond acceptors (Lipinski definition) is 5. The van der Waals surface area contributed by atoms with E-state index in [0.29, 0.717) is 16.3 Å². The molecule has 1 aliphatic rings. The highest BCUT2D eigenvalue weighted by Gasteiger charge is 2.36. The van der Waals surface area contributed by atoms with E-state index < -0.39 is 16.7 Å². The minimum atomic E-state index is -0.653. The lowest BCUT2D eigenvalue weighted by molar-refractivity contribution is -0.385. The van der Waals surface area contributed by atoms with Gasteiger partial charge in [-0.25, -0.2) is 4.90 Å². The Bertz CT molecular complexity index is 1220. The van der Waals surface area contributed by atoms with Gasteiger partial charge in [-0.3, -0.25) is 24.5 Å². The highest BCUT2D eigenvalue weighted by atomic mass is 79.9. The molecule has 2 amide bonds. The predicted molar refractivity (Wildman–Crippen MR) is 106 cm³/mol. The molecule has 0 unspecified atom stereocenters. The summed E-state index contributed by atoms with van der Waals surface area (Å²) >= 11 is 3.22. The smallest absolute Gasteiger partial charge is 0.284 e. The summed E-state index contributed by atoms with van der Waals surface area (Å²) in [5.41, 5.74) is 0.833. The fraction of sp³-hybridized carbons (Fsp3) is 0.0500. The number of hydrogen-bond donors (Lipinski definition) is 0. The van der Waals surface area contributed by atoms with E-state index in [1.165, 1.54) is 37.3 Å². The summed E-state index contributed by atoms with van der Waals surface area (Å²) in [6.07, 6.45) is 0. The summed E-state index contributed by atoms with van der Waals surface area (Å²) in [7, 11) is 0. The molecule has 0 atom stereocenters. The minimum Gasteiger partial charge on any atom is -0.295 e. The first-order chi connectivity index (χ1) is 13.3. The number of benzene rings is 3. The number of carbonyl (C=O) groups is 3. The molecule has 0 bridgehead atoms. The summed E-state index contributed by atoms with van der Waals surface area (Å²) in [4.78, 5) is 49.4. The number of rotatable bonds is 3. The summed E-state index contributed by atoms with van der Waals surface area (Å²) in [5, 5.41) is 12.2. The van der Waals surface area contributed by atoms with Crippen molar-refractivity contribution >= 4 is 55.7 Å². The van der Waals surface area contributed by atoms with Gasteiger partial charge in [0.15, 0.2) is 5.78 Å². The minimum absolute atomic E-state index is 0.0794. The standard InChI is InChI=1S/C20H11BrN2O5/c1-10(24)11-5-7-12(8-6-11)22-19(25)14-4-2-3-13-17(14)15(20(22)26)9-16(18(13)21)23(27)28/h2-9H,1H3. The van der Waals surface area contributed by atoms with Gasteiger partial charge in [0.05, 0.1) is 16.2 Å². The third-order valence-electron chi connectivity index (χ3n) is 4.67. The fourth-order valence-corrected chi connectivity index (χ4v) is 3.92. The average molecular weight is 439 g/mol. The molecule has 138 valence electrons. The van der Waals surface area contributed by atoms with Gasteiger partial charge in [0.25, 0.3) is 17.5 Å². The normalized spacial score (nSPS) is 13.1. The largest absolute Gasteiger partial charge is 0.295 e. The Kier molecular flexibility index (Phi) is 4.08. The first-order valence-electron chi connectivity index (χ1n) is 8.20. The Morgan fingerprint density at radius 2 is 1.68 bits per heavy atom. The van der Waals surface area contributed by atoms with E-state index in [0.717, 1.165) is 4.90 Å². The van der Waals surface area contributed by atoms with E-state index in [4.69, 9.17) is 0 Å². The molecule has 0 spiro atoms. The Hall–Kier alpha value is -3.39. The Morgan fingerprint density at radius 1 is 1.04 bits per heavy atom. The fourth-order valence-electron chi connectivity index (χ4n) is 3.33. The van der Waals surface area contributed by atoms with Gasteiger partial charge in [-0.2, -0.15) is 0 Å². The molecule has 0 aromatic heterocycles. The molecule has 1 aliphatic heterocycles. The number of nitro groups is 1. The van der Waals surface area contributed by atoms with Crippen LogP contribution in [0.4, 0.5) is 11.4 Å². The first-order valence-corrected chi connectivity index (χ1v) is 9.00.